The molecule has 2 saturated heterocycles. The lowest BCUT2D eigenvalue weighted by Crippen LogP contribution is -2.67. The van der Waals surface area contributed by atoms with Crippen molar-refractivity contribution in [3.05, 3.63) is 70.3 Å². The molecule has 1 amide bonds. The van der Waals surface area contributed by atoms with E-state index < -0.39 is 67.1 Å². The summed E-state index contributed by atoms with van der Waals surface area (Å²) in [6.45, 7) is 3.11. The molecule has 2 aromatic carbocycles. The summed E-state index contributed by atoms with van der Waals surface area (Å²) in [5, 5.41) is 55.4. The van der Waals surface area contributed by atoms with Gasteiger partial charge in [-0.2, -0.15) is 0 Å². The summed E-state index contributed by atoms with van der Waals surface area (Å²) in [4.78, 5) is 12.8. The molecule has 12 nitrogen and oxygen atoms in total. The number of phenolic OH excluding ortho intramolecular Hbond substituents is 1. The van der Waals surface area contributed by atoms with E-state index >= 15 is 0 Å². The Kier molecular flexibility index (Phi) is 10.3. The number of hydrogen-bond donors (Lipinski definition) is 6. The SMILES string of the molecule is CC(=Cc1ccc(O[C@@H]2O[C@H](C(C)=CCOc3cccc(Cl)c3)[C@@H](O)[C@@H]2F)c(O)c1)C(=O)N[C@@H]1[C@H](O)[C@@H](O)[C@H]2OCO[C@H]2[C@@H]1O. The van der Waals surface area contributed by atoms with Crippen molar-refractivity contribution in [2.75, 3.05) is 13.4 Å². The summed E-state index contributed by atoms with van der Waals surface area (Å²) in [6, 6.07) is 9.74. The van der Waals surface area contributed by atoms with Gasteiger partial charge in [0.05, 0.1) is 6.04 Å². The number of carbonyl (C=O) groups excluding carboxylic acids is 1. The molecule has 3 fully saturated rings. The Morgan fingerprint density at radius 2 is 1.78 bits per heavy atom. The molecule has 1 aliphatic carbocycles. The molecular weight excluding hydrogens is 617 g/mol. The monoisotopic (exact) mass is 651 g/mol. The first kappa shape index (κ1) is 33.1. The quantitative estimate of drug-likeness (QED) is 0.172. The van der Waals surface area contributed by atoms with E-state index in [0.29, 0.717) is 21.9 Å². The molecule has 5 rings (SSSR count). The minimum atomic E-state index is -1.92. The van der Waals surface area contributed by atoms with E-state index in [-0.39, 0.29) is 30.5 Å². The first-order valence-electron chi connectivity index (χ1n) is 14.2. The summed E-state index contributed by atoms with van der Waals surface area (Å²) in [5.41, 5.74) is 1.05. The predicted octanol–water partition coefficient (Wildman–Crippen LogP) is 1.60. The number of hydrogen-bond acceptors (Lipinski definition) is 11. The minimum absolute atomic E-state index is 0.114. The van der Waals surface area contributed by atoms with E-state index in [1.54, 1.807) is 37.3 Å². The fourth-order valence-electron chi connectivity index (χ4n) is 5.43. The third-order valence-electron chi connectivity index (χ3n) is 7.95. The zero-order valence-electron chi connectivity index (χ0n) is 24.3. The lowest BCUT2D eigenvalue weighted by Gasteiger charge is -2.41. The summed E-state index contributed by atoms with van der Waals surface area (Å²) in [5.74, 6) is -0.596. The lowest BCUT2D eigenvalue weighted by atomic mass is 9.83. The number of aromatic hydroxyl groups is 1. The topological polar surface area (TPSA) is 176 Å². The van der Waals surface area contributed by atoms with Crippen LogP contribution in [0.3, 0.4) is 0 Å². The van der Waals surface area contributed by atoms with Gasteiger partial charge in [0.2, 0.25) is 12.2 Å². The fourth-order valence-corrected chi connectivity index (χ4v) is 5.61. The third kappa shape index (κ3) is 7.26. The molecule has 0 unspecified atom stereocenters. The lowest BCUT2D eigenvalue weighted by molar-refractivity contribution is -0.155. The highest BCUT2D eigenvalue weighted by molar-refractivity contribution is 6.30. The molecular formula is C31H35ClFNO11. The standard InChI is InChI=1S/C31H35ClFNO11/c1-14(8-9-41-18-5-3-4-17(32)12-18)27-23(36)21(33)31(45-27)44-20-7-6-16(11-19(20)35)10-15(2)30(40)34-22-24(37)26(39)29-28(25(22)38)42-13-43-29/h3-8,10-12,21-29,31,35-39H,9,13H2,1-2H3,(H,34,40)/t21-,22+,23-,24-,25+,26+,27+,28-,29+,31+/m0/s1. The Labute approximate surface area is 263 Å². The van der Waals surface area contributed by atoms with E-state index in [1.165, 1.54) is 31.2 Å². The van der Waals surface area contributed by atoms with Crippen LogP contribution in [0.4, 0.5) is 4.39 Å². The Morgan fingerprint density at radius 3 is 2.49 bits per heavy atom. The average Bonchev–Trinajstić information content (AvgIpc) is 3.61. The van der Waals surface area contributed by atoms with E-state index in [2.05, 4.69) is 5.32 Å². The van der Waals surface area contributed by atoms with Crippen LogP contribution in [0.5, 0.6) is 17.2 Å². The van der Waals surface area contributed by atoms with Crippen molar-refractivity contribution in [3.8, 4) is 17.2 Å². The van der Waals surface area contributed by atoms with Crippen molar-refractivity contribution in [1.82, 2.24) is 5.32 Å². The third-order valence-corrected chi connectivity index (χ3v) is 8.18. The number of nitrogens with one attached hydrogen (secondary N) is 1. The van der Waals surface area contributed by atoms with Gasteiger partial charge in [0.25, 0.3) is 0 Å². The normalized spacial score (nSPS) is 33.5. The molecule has 6 N–H and O–H groups in total. The second-order valence-corrected chi connectivity index (χ2v) is 11.5. The average molecular weight is 652 g/mol. The van der Waals surface area contributed by atoms with Gasteiger partial charge in [-0.05, 0) is 67.5 Å². The van der Waals surface area contributed by atoms with Crippen LogP contribution in [0.25, 0.3) is 6.08 Å². The van der Waals surface area contributed by atoms with Crippen LogP contribution >= 0.6 is 11.6 Å². The van der Waals surface area contributed by atoms with Crippen molar-refractivity contribution < 1.29 is 58.4 Å². The zero-order chi connectivity index (χ0) is 32.4. The smallest absolute Gasteiger partial charge is 0.247 e. The minimum Gasteiger partial charge on any atom is -0.504 e. The maximum absolute atomic E-state index is 14.9. The van der Waals surface area contributed by atoms with E-state index in [9.17, 15) is 34.7 Å². The number of phenols is 1. The van der Waals surface area contributed by atoms with Gasteiger partial charge in [0.15, 0.2) is 17.7 Å². The van der Waals surface area contributed by atoms with Crippen LogP contribution in [0.15, 0.2) is 59.7 Å². The summed E-state index contributed by atoms with van der Waals surface area (Å²) < 4.78 is 42.2. The summed E-state index contributed by atoms with van der Waals surface area (Å²) in [7, 11) is 0. The number of amides is 1. The Balaban J connectivity index is 1.18. The van der Waals surface area contributed by atoms with Crippen LogP contribution < -0.4 is 14.8 Å². The number of fused-ring (bicyclic) bond motifs is 1. The molecule has 0 spiro atoms. The number of ether oxygens (including phenoxy) is 5. The highest BCUT2D eigenvalue weighted by atomic mass is 35.5. The molecule has 0 radical (unpaired) electrons. The van der Waals surface area contributed by atoms with Crippen LogP contribution in [0.1, 0.15) is 19.4 Å². The number of aliphatic hydroxyl groups is 4. The van der Waals surface area contributed by atoms with E-state index in [1.807, 2.05) is 0 Å². The first-order valence-corrected chi connectivity index (χ1v) is 14.6. The Bertz CT molecular complexity index is 1440. The van der Waals surface area contributed by atoms with Crippen molar-refractivity contribution in [3.63, 3.8) is 0 Å². The van der Waals surface area contributed by atoms with Crippen molar-refractivity contribution in [1.29, 1.82) is 0 Å². The summed E-state index contributed by atoms with van der Waals surface area (Å²) >= 11 is 5.95. The largest absolute Gasteiger partial charge is 0.504 e. The number of aliphatic hydroxyl groups excluding tert-OH is 4. The van der Waals surface area contributed by atoms with Crippen LogP contribution in [0, 0.1) is 0 Å². The van der Waals surface area contributed by atoms with Crippen LogP contribution in [-0.2, 0) is 19.0 Å². The van der Waals surface area contributed by atoms with Crippen molar-refractivity contribution in [2.24, 2.45) is 0 Å². The predicted molar refractivity (Wildman–Crippen MR) is 157 cm³/mol. The van der Waals surface area contributed by atoms with E-state index in [0.717, 1.165) is 0 Å². The summed E-state index contributed by atoms with van der Waals surface area (Å²) in [6.07, 6.45) is -8.94. The molecule has 45 heavy (non-hydrogen) atoms. The second-order valence-electron chi connectivity index (χ2n) is 11.1. The second kappa shape index (κ2) is 14.0. The maximum atomic E-state index is 14.9. The van der Waals surface area contributed by atoms with Gasteiger partial charge < -0.3 is 54.5 Å². The Morgan fingerprint density at radius 1 is 1.04 bits per heavy atom. The fraction of sp³-hybridized carbons (Fsp3) is 0.452. The van der Waals surface area contributed by atoms with Crippen LogP contribution in [0.2, 0.25) is 5.02 Å². The van der Waals surface area contributed by atoms with Gasteiger partial charge in [-0.25, -0.2) is 4.39 Å². The van der Waals surface area contributed by atoms with Crippen LogP contribution in [-0.4, -0.2) is 106 Å². The number of carbonyl (C=O) groups is 1. The maximum Gasteiger partial charge on any atom is 0.247 e. The molecule has 2 heterocycles. The Hall–Kier alpha value is -3.27. The first-order chi connectivity index (χ1) is 21.4. The molecule has 14 heteroatoms. The zero-order valence-corrected chi connectivity index (χ0v) is 25.1. The molecule has 2 aromatic rings. The van der Waals surface area contributed by atoms with Gasteiger partial charge >= 0.3 is 0 Å². The van der Waals surface area contributed by atoms with Gasteiger partial charge in [0, 0.05) is 10.6 Å². The molecule has 0 bridgehead atoms. The highest BCUT2D eigenvalue weighted by Gasteiger charge is 2.53. The van der Waals surface area contributed by atoms with Gasteiger partial charge in [-0.3, -0.25) is 4.79 Å². The number of rotatable bonds is 9. The van der Waals surface area contributed by atoms with Gasteiger partial charge in [-0.15, -0.1) is 0 Å². The molecule has 3 aliphatic rings. The van der Waals surface area contributed by atoms with Gasteiger partial charge in [0.1, 0.15) is 61.9 Å². The van der Waals surface area contributed by atoms with Gasteiger partial charge in [-0.1, -0.05) is 23.7 Å². The van der Waals surface area contributed by atoms with Crippen molar-refractivity contribution >= 4 is 23.6 Å². The number of benzene rings is 2. The highest BCUT2D eigenvalue weighted by Crippen LogP contribution is 2.35. The number of halogens is 2. The molecule has 2 aliphatic heterocycles. The number of alkyl halides is 1. The molecule has 0 aromatic heterocycles. The van der Waals surface area contributed by atoms with E-state index in [4.69, 9.17) is 35.3 Å². The molecule has 244 valence electrons. The molecule has 10 atom stereocenters. The molecule has 1 saturated carbocycles. The van der Waals surface area contributed by atoms with Crippen molar-refractivity contribution in [2.45, 2.75) is 75.1 Å².